The first-order valence-electron chi connectivity index (χ1n) is 12.4. The summed E-state index contributed by atoms with van der Waals surface area (Å²) in [6.07, 6.45) is 5.27. The fourth-order valence-corrected chi connectivity index (χ4v) is 5.73. The van der Waals surface area contributed by atoms with E-state index in [0.717, 1.165) is 41.5 Å². The molecule has 13 heteroatoms. The Hall–Kier alpha value is -4.26. The number of hydrogen-bond acceptors (Lipinski definition) is 9. The highest BCUT2D eigenvalue weighted by atomic mass is 32.2. The van der Waals surface area contributed by atoms with Crippen LogP contribution in [0.3, 0.4) is 0 Å². The first kappa shape index (κ1) is 26.4. The number of aryl methyl sites for hydroxylation is 1. The Balaban J connectivity index is 1.46. The number of benzene rings is 2. The summed E-state index contributed by atoms with van der Waals surface area (Å²) in [6, 6.07) is 6.81. The van der Waals surface area contributed by atoms with Crippen molar-refractivity contribution in [3.63, 3.8) is 0 Å². The standard InChI is InChI=1S/C26H29N5O7S/c1-4-16-7-8-22(20(10-16)35-2)39(33,34)30-25-23-21(38-29-25)11-18(19-6-5-9-37-24(19)23)15-31-14-17(13-28-31)12-27-26(32)36-3/h7-8,10-11,13-14H,4-6,9,12,15H2,1-3H3,(H,27,32)(H,29,30). The largest absolute Gasteiger partial charge is 0.495 e. The van der Waals surface area contributed by atoms with E-state index in [9.17, 15) is 13.2 Å². The third-order valence-electron chi connectivity index (χ3n) is 6.53. The number of sulfonamides is 1. The van der Waals surface area contributed by atoms with Crippen LogP contribution in [0.1, 0.15) is 35.6 Å². The molecule has 206 valence electrons. The van der Waals surface area contributed by atoms with Crippen molar-refractivity contribution < 1.29 is 31.9 Å². The van der Waals surface area contributed by atoms with Crippen LogP contribution in [0.4, 0.5) is 10.6 Å². The van der Waals surface area contributed by atoms with E-state index >= 15 is 0 Å². The summed E-state index contributed by atoms with van der Waals surface area (Å²) in [5.41, 5.74) is 4.00. The average molecular weight is 556 g/mol. The molecule has 1 aliphatic heterocycles. The second-order valence-corrected chi connectivity index (χ2v) is 10.7. The van der Waals surface area contributed by atoms with E-state index in [1.807, 2.05) is 19.2 Å². The van der Waals surface area contributed by atoms with Gasteiger partial charge < -0.3 is 24.1 Å². The molecule has 39 heavy (non-hydrogen) atoms. The van der Waals surface area contributed by atoms with Crippen molar-refractivity contribution in [3.8, 4) is 11.5 Å². The lowest BCUT2D eigenvalue weighted by Gasteiger charge is -2.21. The predicted molar refractivity (Wildman–Crippen MR) is 142 cm³/mol. The predicted octanol–water partition coefficient (Wildman–Crippen LogP) is 3.63. The zero-order valence-corrected chi connectivity index (χ0v) is 22.6. The smallest absolute Gasteiger partial charge is 0.407 e. The van der Waals surface area contributed by atoms with Gasteiger partial charge in [-0.15, -0.1) is 0 Å². The summed E-state index contributed by atoms with van der Waals surface area (Å²) in [5, 5.41) is 11.5. The first-order valence-corrected chi connectivity index (χ1v) is 13.9. The number of ether oxygens (including phenoxy) is 3. The Morgan fingerprint density at radius 2 is 2.05 bits per heavy atom. The number of methoxy groups -OCH3 is 2. The van der Waals surface area contributed by atoms with Crippen LogP contribution >= 0.6 is 0 Å². The van der Waals surface area contributed by atoms with Crippen LogP contribution in [-0.2, 0) is 40.7 Å². The number of anilines is 1. The number of hydrogen-bond donors (Lipinski definition) is 2. The number of carbonyl (C=O) groups is 1. The van der Waals surface area contributed by atoms with Gasteiger partial charge in [0.05, 0.1) is 33.6 Å². The van der Waals surface area contributed by atoms with Crippen molar-refractivity contribution in [1.82, 2.24) is 20.3 Å². The number of fused-ring (bicyclic) bond motifs is 3. The first-order chi connectivity index (χ1) is 18.8. The van der Waals surface area contributed by atoms with Crippen molar-refractivity contribution in [2.45, 2.75) is 44.2 Å². The summed E-state index contributed by atoms with van der Waals surface area (Å²) in [4.78, 5) is 11.4. The molecule has 4 aromatic rings. The molecule has 0 saturated heterocycles. The monoisotopic (exact) mass is 555 g/mol. The molecule has 0 bridgehead atoms. The van der Waals surface area contributed by atoms with E-state index in [0.29, 0.717) is 29.9 Å². The fourth-order valence-electron chi connectivity index (χ4n) is 4.57. The third-order valence-corrected chi connectivity index (χ3v) is 7.91. The summed E-state index contributed by atoms with van der Waals surface area (Å²) >= 11 is 0. The van der Waals surface area contributed by atoms with Crippen LogP contribution in [0.15, 0.2) is 46.1 Å². The second-order valence-electron chi connectivity index (χ2n) is 9.04. The SMILES string of the molecule is CCc1ccc(S(=O)(=O)Nc2noc3cc(Cn4cc(CNC(=O)OC)cn4)c4c(c23)OCCC4)c(OC)c1. The quantitative estimate of drug-likeness (QED) is 0.316. The van der Waals surface area contributed by atoms with E-state index in [2.05, 4.69) is 25.0 Å². The van der Waals surface area contributed by atoms with Crippen LogP contribution in [0, 0.1) is 0 Å². The zero-order valence-electron chi connectivity index (χ0n) is 21.8. The third kappa shape index (κ3) is 5.35. The van der Waals surface area contributed by atoms with Gasteiger partial charge >= 0.3 is 6.09 Å². The number of nitrogens with one attached hydrogen (secondary N) is 2. The van der Waals surface area contributed by atoms with Crippen molar-refractivity contribution in [1.29, 1.82) is 0 Å². The molecule has 2 N–H and O–H groups in total. The molecule has 2 aromatic carbocycles. The van der Waals surface area contributed by atoms with Crippen LogP contribution in [0.5, 0.6) is 11.5 Å². The molecule has 0 saturated carbocycles. The molecule has 1 aliphatic rings. The van der Waals surface area contributed by atoms with Crippen molar-refractivity contribution in [2.24, 2.45) is 0 Å². The van der Waals surface area contributed by atoms with Gasteiger partial charge in [-0.2, -0.15) is 5.10 Å². The molecule has 0 unspecified atom stereocenters. The summed E-state index contributed by atoms with van der Waals surface area (Å²) in [5.74, 6) is 0.836. The lowest BCUT2D eigenvalue weighted by molar-refractivity contribution is 0.170. The maximum atomic E-state index is 13.4. The number of carbonyl (C=O) groups excluding carboxylic acids is 1. The topological polar surface area (TPSA) is 147 Å². The van der Waals surface area contributed by atoms with Gasteiger partial charge in [0.15, 0.2) is 11.4 Å². The van der Waals surface area contributed by atoms with E-state index in [4.69, 9.17) is 14.0 Å². The Morgan fingerprint density at radius 1 is 1.21 bits per heavy atom. The van der Waals surface area contributed by atoms with Gasteiger partial charge in [-0.1, -0.05) is 18.1 Å². The van der Waals surface area contributed by atoms with E-state index in [1.165, 1.54) is 20.3 Å². The van der Waals surface area contributed by atoms with Crippen LogP contribution < -0.4 is 19.5 Å². The molecule has 3 heterocycles. The lowest BCUT2D eigenvalue weighted by Crippen LogP contribution is -2.21. The molecule has 2 aromatic heterocycles. The van der Waals surface area contributed by atoms with Crippen LogP contribution in [0.25, 0.3) is 11.0 Å². The number of rotatable bonds is 9. The molecular weight excluding hydrogens is 526 g/mol. The van der Waals surface area contributed by atoms with E-state index in [-0.39, 0.29) is 23.0 Å². The van der Waals surface area contributed by atoms with Gasteiger partial charge in [-0.05, 0) is 48.6 Å². The van der Waals surface area contributed by atoms with Gasteiger partial charge in [-0.25, -0.2) is 13.2 Å². The normalized spacial score (nSPS) is 13.0. The Bertz CT molecular complexity index is 1630. The lowest BCUT2D eigenvalue weighted by atomic mass is 9.97. The number of aromatic nitrogens is 3. The number of nitrogens with zero attached hydrogens (tertiary/aromatic N) is 3. The maximum Gasteiger partial charge on any atom is 0.407 e. The van der Waals surface area contributed by atoms with Crippen molar-refractivity contribution >= 4 is 32.9 Å². The second kappa shape index (κ2) is 10.8. The zero-order chi connectivity index (χ0) is 27.6. The molecule has 0 aliphatic carbocycles. The maximum absolute atomic E-state index is 13.4. The Morgan fingerprint density at radius 3 is 2.82 bits per heavy atom. The molecule has 0 atom stereocenters. The minimum Gasteiger partial charge on any atom is -0.495 e. The highest BCUT2D eigenvalue weighted by molar-refractivity contribution is 7.92. The van der Waals surface area contributed by atoms with E-state index < -0.39 is 16.1 Å². The van der Waals surface area contributed by atoms with Gasteiger partial charge in [0.1, 0.15) is 21.8 Å². The summed E-state index contributed by atoms with van der Waals surface area (Å²) in [7, 11) is -1.30. The van der Waals surface area contributed by atoms with E-state index in [1.54, 1.807) is 23.0 Å². The van der Waals surface area contributed by atoms with Crippen LogP contribution in [-0.4, -0.2) is 50.3 Å². The fraction of sp³-hybridized carbons (Fsp3) is 0.346. The summed E-state index contributed by atoms with van der Waals surface area (Å²) in [6.45, 7) is 3.17. The van der Waals surface area contributed by atoms with Crippen molar-refractivity contribution in [3.05, 3.63) is 58.9 Å². The molecule has 5 rings (SSSR count). The Kier molecular flexibility index (Phi) is 7.33. The highest BCUT2D eigenvalue weighted by Gasteiger charge is 2.28. The molecule has 0 spiro atoms. The molecule has 0 radical (unpaired) electrons. The van der Waals surface area contributed by atoms with Gasteiger partial charge in [0.2, 0.25) is 0 Å². The van der Waals surface area contributed by atoms with Crippen molar-refractivity contribution in [2.75, 3.05) is 25.5 Å². The average Bonchev–Trinajstić information content (AvgIpc) is 3.57. The number of alkyl carbamates (subject to hydrolysis) is 1. The van der Waals surface area contributed by atoms with Crippen LogP contribution in [0.2, 0.25) is 0 Å². The molecule has 0 fully saturated rings. The Labute approximate surface area is 225 Å². The highest BCUT2D eigenvalue weighted by Crippen LogP contribution is 2.41. The molecular formula is C26H29N5O7S. The van der Waals surface area contributed by atoms with Gasteiger partial charge in [0.25, 0.3) is 10.0 Å². The minimum absolute atomic E-state index is 0.000863. The van der Waals surface area contributed by atoms with Gasteiger partial charge in [0, 0.05) is 23.9 Å². The van der Waals surface area contributed by atoms with Gasteiger partial charge in [-0.3, -0.25) is 9.40 Å². The summed E-state index contributed by atoms with van der Waals surface area (Å²) < 4.78 is 52.6. The molecule has 1 amide bonds. The minimum atomic E-state index is -4.04. The number of amides is 1. The molecule has 12 nitrogen and oxygen atoms in total.